The third-order valence-electron chi connectivity index (χ3n) is 2.06. The van der Waals surface area contributed by atoms with Gasteiger partial charge in [-0.3, -0.25) is 0 Å². The molecule has 0 aliphatic heterocycles. The Balaban J connectivity index is 2.83. The molecule has 0 aliphatic rings. The van der Waals surface area contributed by atoms with Crippen LogP contribution in [0.5, 0.6) is 0 Å². The maximum Gasteiger partial charge on any atom is 0.0701 e. The van der Waals surface area contributed by atoms with Gasteiger partial charge >= 0.3 is 0 Å². The van der Waals surface area contributed by atoms with Gasteiger partial charge in [-0.05, 0) is 13.3 Å². The van der Waals surface area contributed by atoms with E-state index in [-0.39, 0.29) is 0 Å². The number of rotatable bonds is 13. The minimum Gasteiger partial charge on any atom is -0.380 e. The lowest BCUT2D eigenvalue weighted by atomic mass is 10.4. The van der Waals surface area contributed by atoms with Gasteiger partial charge in [0.25, 0.3) is 0 Å². The number of hydrogen-bond donors (Lipinski definition) is 1. The first kappa shape index (κ1) is 15.8. The van der Waals surface area contributed by atoms with Crippen LogP contribution in [0.15, 0.2) is 0 Å². The van der Waals surface area contributed by atoms with Crippen LogP contribution in [0.4, 0.5) is 0 Å². The van der Waals surface area contributed by atoms with Crippen molar-refractivity contribution in [3.8, 4) is 0 Å². The maximum absolute atomic E-state index is 5.39. The van der Waals surface area contributed by atoms with E-state index in [0.717, 1.165) is 45.9 Å². The number of unbranched alkanes of at least 4 members (excludes halogenated alkanes) is 1. The van der Waals surface area contributed by atoms with Crippen LogP contribution in [0.3, 0.4) is 0 Å². The van der Waals surface area contributed by atoms with Gasteiger partial charge in [-0.2, -0.15) is 0 Å². The molecule has 4 nitrogen and oxygen atoms in total. The molecular weight excluding hydrogens is 206 g/mol. The largest absolute Gasteiger partial charge is 0.380 e. The van der Waals surface area contributed by atoms with Crippen LogP contribution in [0, 0.1) is 0 Å². The number of ether oxygens (including phenoxy) is 3. The molecule has 0 atom stereocenters. The van der Waals surface area contributed by atoms with Crippen molar-refractivity contribution >= 4 is 0 Å². The molecule has 0 rings (SSSR count). The lowest BCUT2D eigenvalue weighted by Crippen LogP contribution is -2.24. The van der Waals surface area contributed by atoms with Gasteiger partial charge in [0.1, 0.15) is 0 Å². The van der Waals surface area contributed by atoms with Crippen LogP contribution in [0.25, 0.3) is 0 Å². The summed E-state index contributed by atoms with van der Waals surface area (Å²) in [6.07, 6.45) is 2.32. The van der Waals surface area contributed by atoms with Crippen LogP contribution in [0.2, 0.25) is 0 Å². The molecular formula is C12H27NO3. The second kappa shape index (κ2) is 14.8. The van der Waals surface area contributed by atoms with Crippen molar-refractivity contribution in [2.45, 2.75) is 26.7 Å². The molecule has 16 heavy (non-hydrogen) atoms. The van der Waals surface area contributed by atoms with Gasteiger partial charge in [0.05, 0.1) is 26.4 Å². The first-order valence-corrected chi connectivity index (χ1v) is 6.35. The molecule has 1 N–H and O–H groups in total. The molecule has 0 aromatic heterocycles. The molecule has 0 radical (unpaired) electrons. The van der Waals surface area contributed by atoms with Crippen molar-refractivity contribution in [3.63, 3.8) is 0 Å². The van der Waals surface area contributed by atoms with Crippen molar-refractivity contribution in [2.75, 3.05) is 52.7 Å². The van der Waals surface area contributed by atoms with Crippen molar-refractivity contribution < 1.29 is 14.2 Å². The maximum atomic E-state index is 5.39. The fourth-order valence-corrected chi connectivity index (χ4v) is 1.13. The average Bonchev–Trinajstić information content (AvgIpc) is 2.31. The molecule has 0 amide bonds. The summed E-state index contributed by atoms with van der Waals surface area (Å²) in [5.41, 5.74) is 0. The predicted octanol–water partition coefficient (Wildman–Crippen LogP) is 1.45. The molecule has 0 bridgehead atoms. The smallest absolute Gasteiger partial charge is 0.0701 e. The lowest BCUT2D eigenvalue weighted by molar-refractivity contribution is 0.0472. The Labute approximate surface area is 99.6 Å². The summed E-state index contributed by atoms with van der Waals surface area (Å²) in [5, 5.41) is 3.24. The summed E-state index contributed by atoms with van der Waals surface area (Å²) >= 11 is 0. The van der Waals surface area contributed by atoms with Gasteiger partial charge in [0, 0.05) is 26.3 Å². The minimum absolute atomic E-state index is 0.691. The first-order valence-electron chi connectivity index (χ1n) is 6.35. The molecule has 0 heterocycles. The SMILES string of the molecule is CCCCOCCOCCNCCOCC. The quantitative estimate of drug-likeness (QED) is 0.489. The van der Waals surface area contributed by atoms with E-state index < -0.39 is 0 Å². The monoisotopic (exact) mass is 233 g/mol. The van der Waals surface area contributed by atoms with Gasteiger partial charge in [-0.25, -0.2) is 0 Å². The third-order valence-corrected chi connectivity index (χ3v) is 2.06. The van der Waals surface area contributed by atoms with Gasteiger partial charge < -0.3 is 19.5 Å². The molecule has 0 unspecified atom stereocenters. The van der Waals surface area contributed by atoms with Gasteiger partial charge in [0.2, 0.25) is 0 Å². The zero-order valence-electron chi connectivity index (χ0n) is 10.8. The van der Waals surface area contributed by atoms with E-state index in [1.54, 1.807) is 0 Å². The second-order valence-corrected chi connectivity index (χ2v) is 3.53. The van der Waals surface area contributed by atoms with E-state index in [4.69, 9.17) is 14.2 Å². The van der Waals surface area contributed by atoms with E-state index in [0.29, 0.717) is 13.2 Å². The predicted molar refractivity (Wildman–Crippen MR) is 65.9 cm³/mol. The van der Waals surface area contributed by atoms with Crippen LogP contribution >= 0.6 is 0 Å². The van der Waals surface area contributed by atoms with E-state index >= 15 is 0 Å². The van der Waals surface area contributed by atoms with E-state index in [1.807, 2.05) is 6.92 Å². The van der Waals surface area contributed by atoms with Gasteiger partial charge in [0.15, 0.2) is 0 Å². The highest BCUT2D eigenvalue weighted by Gasteiger charge is 1.90. The highest BCUT2D eigenvalue weighted by Crippen LogP contribution is 1.87. The molecule has 0 saturated heterocycles. The fourth-order valence-electron chi connectivity index (χ4n) is 1.13. The first-order chi connectivity index (χ1) is 7.91. The van der Waals surface area contributed by atoms with Crippen molar-refractivity contribution in [1.29, 1.82) is 0 Å². The topological polar surface area (TPSA) is 39.7 Å². The van der Waals surface area contributed by atoms with Gasteiger partial charge in [-0.1, -0.05) is 13.3 Å². The summed E-state index contributed by atoms with van der Waals surface area (Å²) in [5.74, 6) is 0. The van der Waals surface area contributed by atoms with E-state index in [2.05, 4.69) is 12.2 Å². The van der Waals surface area contributed by atoms with Crippen molar-refractivity contribution in [1.82, 2.24) is 5.32 Å². The average molecular weight is 233 g/mol. The summed E-state index contributed by atoms with van der Waals surface area (Å²) < 4.78 is 16.0. The molecule has 0 fully saturated rings. The van der Waals surface area contributed by atoms with Crippen molar-refractivity contribution in [3.05, 3.63) is 0 Å². The Bertz CT molecular complexity index is 109. The molecule has 0 spiro atoms. The normalized spacial score (nSPS) is 10.9. The van der Waals surface area contributed by atoms with Crippen LogP contribution < -0.4 is 5.32 Å². The molecule has 0 aromatic rings. The van der Waals surface area contributed by atoms with E-state index in [1.165, 1.54) is 6.42 Å². The lowest BCUT2D eigenvalue weighted by Gasteiger charge is -2.06. The zero-order valence-corrected chi connectivity index (χ0v) is 10.8. The van der Waals surface area contributed by atoms with Crippen molar-refractivity contribution in [2.24, 2.45) is 0 Å². The molecule has 0 saturated carbocycles. The molecule has 0 aromatic carbocycles. The molecule has 4 heteroatoms. The highest BCUT2D eigenvalue weighted by molar-refractivity contribution is 4.44. The van der Waals surface area contributed by atoms with Gasteiger partial charge in [-0.15, -0.1) is 0 Å². The zero-order chi connectivity index (χ0) is 11.9. The van der Waals surface area contributed by atoms with E-state index in [9.17, 15) is 0 Å². The standard InChI is InChI=1S/C12H27NO3/c1-3-5-8-15-11-12-16-10-7-13-6-9-14-4-2/h13H,3-12H2,1-2H3. The second-order valence-electron chi connectivity index (χ2n) is 3.53. The summed E-state index contributed by atoms with van der Waals surface area (Å²) in [7, 11) is 0. The third kappa shape index (κ3) is 13.8. The Morgan fingerprint density at radius 1 is 0.750 bits per heavy atom. The number of nitrogens with one attached hydrogen (secondary N) is 1. The Hall–Kier alpha value is -0.160. The molecule has 98 valence electrons. The minimum atomic E-state index is 0.691. The number of hydrogen-bond acceptors (Lipinski definition) is 4. The summed E-state index contributed by atoms with van der Waals surface area (Å²) in [6.45, 7) is 10.5. The van der Waals surface area contributed by atoms with Crippen LogP contribution in [-0.4, -0.2) is 52.7 Å². The van der Waals surface area contributed by atoms with Crippen LogP contribution in [-0.2, 0) is 14.2 Å². The summed E-state index contributed by atoms with van der Waals surface area (Å²) in [4.78, 5) is 0. The Morgan fingerprint density at radius 2 is 1.38 bits per heavy atom. The molecule has 0 aliphatic carbocycles. The Morgan fingerprint density at radius 3 is 2.00 bits per heavy atom. The summed E-state index contributed by atoms with van der Waals surface area (Å²) in [6, 6.07) is 0. The highest BCUT2D eigenvalue weighted by atomic mass is 16.5. The van der Waals surface area contributed by atoms with Crippen LogP contribution in [0.1, 0.15) is 26.7 Å². The fraction of sp³-hybridized carbons (Fsp3) is 1.00. The Kier molecular flexibility index (Phi) is 14.7.